The molecular formula is C22H28N4O2. The highest BCUT2D eigenvalue weighted by Crippen LogP contribution is 2.25. The fourth-order valence-corrected chi connectivity index (χ4v) is 4.25. The zero-order valence-corrected chi connectivity index (χ0v) is 16.3. The Morgan fingerprint density at radius 2 is 1.82 bits per heavy atom. The van der Waals surface area contributed by atoms with Crippen molar-refractivity contribution in [2.75, 3.05) is 31.1 Å². The van der Waals surface area contributed by atoms with Crippen LogP contribution < -0.4 is 10.5 Å². The molecule has 1 N–H and O–H groups in total. The van der Waals surface area contributed by atoms with Crippen molar-refractivity contribution in [3.05, 3.63) is 58.1 Å². The van der Waals surface area contributed by atoms with Gasteiger partial charge in [0.2, 0.25) is 5.56 Å². The summed E-state index contributed by atoms with van der Waals surface area (Å²) in [4.78, 5) is 35.3. The molecule has 0 radical (unpaired) electrons. The summed E-state index contributed by atoms with van der Waals surface area (Å²) in [5.74, 6) is 1.69. The van der Waals surface area contributed by atoms with Crippen molar-refractivity contribution < 1.29 is 4.79 Å². The third-order valence-corrected chi connectivity index (χ3v) is 5.95. The number of carbonyl (C=O) groups excluding carboxylic acids is 1. The van der Waals surface area contributed by atoms with Gasteiger partial charge in [0.1, 0.15) is 5.82 Å². The van der Waals surface area contributed by atoms with Crippen molar-refractivity contribution in [2.24, 2.45) is 5.92 Å². The lowest BCUT2D eigenvalue weighted by atomic mass is 9.91. The molecule has 2 fully saturated rings. The number of hydrogen-bond acceptors (Lipinski definition) is 4. The minimum absolute atomic E-state index is 0.0492. The van der Waals surface area contributed by atoms with Crippen LogP contribution in [0.4, 0.5) is 5.82 Å². The van der Waals surface area contributed by atoms with Crippen LogP contribution in [-0.2, 0) is 6.42 Å². The van der Waals surface area contributed by atoms with Gasteiger partial charge in [-0.15, -0.1) is 0 Å². The summed E-state index contributed by atoms with van der Waals surface area (Å²) >= 11 is 0. The van der Waals surface area contributed by atoms with Crippen LogP contribution in [0.2, 0.25) is 0 Å². The average Bonchev–Trinajstić information content (AvgIpc) is 2.76. The van der Waals surface area contributed by atoms with Crippen LogP contribution in [0.1, 0.15) is 48.0 Å². The second-order valence-corrected chi connectivity index (χ2v) is 7.95. The van der Waals surface area contributed by atoms with Gasteiger partial charge in [-0.3, -0.25) is 9.59 Å². The Hall–Kier alpha value is -2.63. The van der Waals surface area contributed by atoms with E-state index in [1.54, 1.807) is 12.3 Å². The second-order valence-electron chi connectivity index (χ2n) is 7.95. The predicted octanol–water partition coefficient (Wildman–Crippen LogP) is 2.86. The molecular weight excluding hydrogens is 352 g/mol. The maximum atomic E-state index is 12.6. The highest BCUT2D eigenvalue weighted by molar-refractivity contribution is 5.94. The van der Waals surface area contributed by atoms with Gasteiger partial charge in [-0.25, -0.2) is 4.98 Å². The van der Waals surface area contributed by atoms with E-state index in [4.69, 9.17) is 0 Å². The summed E-state index contributed by atoms with van der Waals surface area (Å²) < 4.78 is 0. The van der Waals surface area contributed by atoms with Crippen LogP contribution in [0.5, 0.6) is 0 Å². The Morgan fingerprint density at radius 1 is 1.04 bits per heavy atom. The molecule has 4 heterocycles. The zero-order chi connectivity index (χ0) is 19.3. The topological polar surface area (TPSA) is 69.3 Å². The van der Waals surface area contributed by atoms with Gasteiger partial charge in [0.05, 0.1) is 5.56 Å². The number of likely N-dealkylation sites (tertiary alicyclic amines) is 1. The predicted molar refractivity (Wildman–Crippen MR) is 110 cm³/mol. The molecule has 0 unspecified atom stereocenters. The third kappa shape index (κ3) is 4.43. The molecule has 0 aromatic carbocycles. The van der Waals surface area contributed by atoms with E-state index >= 15 is 0 Å². The van der Waals surface area contributed by atoms with Crippen molar-refractivity contribution in [3.8, 4) is 0 Å². The molecule has 2 saturated heterocycles. The smallest absolute Gasteiger partial charge is 0.255 e. The van der Waals surface area contributed by atoms with E-state index in [0.717, 1.165) is 64.1 Å². The van der Waals surface area contributed by atoms with Gasteiger partial charge in [0, 0.05) is 44.6 Å². The molecule has 148 valence electrons. The van der Waals surface area contributed by atoms with E-state index in [0.29, 0.717) is 11.5 Å². The maximum Gasteiger partial charge on any atom is 0.255 e. The van der Waals surface area contributed by atoms with E-state index in [2.05, 4.69) is 14.9 Å². The molecule has 2 aliphatic rings. The van der Waals surface area contributed by atoms with E-state index < -0.39 is 0 Å². The van der Waals surface area contributed by atoms with Crippen molar-refractivity contribution >= 4 is 11.7 Å². The lowest BCUT2D eigenvalue weighted by Crippen LogP contribution is -2.36. The van der Waals surface area contributed by atoms with Crippen LogP contribution in [0.25, 0.3) is 0 Å². The number of piperidine rings is 2. The first-order chi connectivity index (χ1) is 13.7. The van der Waals surface area contributed by atoms with Gasteiger partial charge < -0.3 is 14.8 Å². The largest absolute Gasteiger partial charge is 0.357 e. The summed E-state index contributed by atoms with van der Waals surface area (Å²) in [5.41, 5.74) is 1.84. The van der Waals surface area contributed by atoms with Crippen molar-refractivity contribution in [1.82, 2.24) is 14.9 Å². The average molecular weight is 380 g/mol. The molecule has 4 rings (SSSR count). The standard InChI is InChI=1S/C22H28N4O2/c27-21-7-4-18(15-24-21)14-17-8-12-25(13-9-17)20-6-5-19(16-23-20)22(28)26-10-2-1-3-11-26/h4-7,15-17H,1-3,8-14H2,(H,24,27). The van der Waals surface area contributed by atoms with Gasteiger partial charge in [-0.1, -0.05) is 6.07 Å². The molecule has 0 spiro atoms. The lowest BCUT2D eigenvalue weighted by Gasteiger charge is -2.33. The summed E-state index contributed by atoms with van der Waals surface area (Å²) in [6.45, 7) is 3.67. The first-order valence-corrected chi connectivity index (χ1v) is 10.4. The number of anilines is 1. The van der Waals surface area contributed by atoms with Crippen molar-refractivity contribution in [1.29, 1.82) is 0 Å². The van der Waals surface area contributed by atoms with E-state index in [-0.39, 0.29) is 11.5 Å². The number of amides is 1. The number of aromatic amines is 1. The number of H-pyrrole nitrogens is 1. The number of pyridine rings is 2. The van der Waals surface area contributed by atoms with Gasteiger partial charge >= 0.3 is 0 Å². The van der Waals surface area contributed by atoms with Crippen LogP contribution in [0, 0.1) is 5.92 Å². The number of rotatable bonds is 4. The minimum atomic E-state index is -0.0492. The van der Waals surface area contributed by atoms with Crippen LogP contribution in [0.3, 0.4) is 0 Å². The van der Waals surface area contributed by atoms with Crippen LogP contribution >= 0.6 is 0 Å². The van der Waals surface area contributed by atoms with Gasteiger partial charge in [-0.05, 0) is 62.1 Å². The summed E-state index contributed by atoms with van der Waals surface area (Å²) in [5, 5.41) is 0. The maximum absolute atomic E-state index is 12.6. The van der Waals surface area contributed by atoms with Crippen LogP contribution in [-0.4, -0.2) is 47.0 Å². The molecule has 0 bridgehead atoms. The first-order valence-electron chi connectivity index (χ1n) is 10.4. The molecule has 0 atom stereocenters. The monoisotopic (exact) mass is 380 g/mol. The molecule has 6 nitrogen and oxygen atoms in total. The Morgan fingerprint density at radius 3 is 2.46 bits per heavy atom. The Labute approximate surface area is 165 Å². The number of hydrogen-bond donors (Lipinski definition) is 1. The van der Waals surface area contributed by atoms with Crippen molar-refractivity contribution in [3.63, 3.8) is 0 Å². The molecule has 0 saturated carbocycles. The highest BCUT2D eigenvalue weighted by atomic mass is 16.2. The van der Waals surface area contributed by atoms with Crippen molar-refractivity contribution in [2.45, 2.75) is 38.5 Å². The Bertz CT molecular complexity index is 827. The third-order valence-electron chi connectivity index (χ3n) is 5.95. The lowest BCUT2D eigenvalue weighted by molar-refractivity contribution is 0.0724. The molecule has 2 aliphatic heterocycles. The minimum Gasteiger partial charge on any atom is -0.357 e. The molecule has 28 heavy (non-hydrogen) atoms. The summed E-state index contributed by atoms with van der Waals surface area (Å²) in [6.07, 6.45) is 10.2. The molecule has 0 aliphatic carbocycles. The summed E-state index contributed by atoms with van der Waals surface area (Å²) in [6, 6.07) is 7.43. The SMILES string of the molecule is O=C(c1ccc(N2CCC(Cc3ccc(=O)[nH]c3)CC2)nc1)N1CCCCC1. The summed E-state index contributed by atoms with van der Waals surface area (Å²) in [7, 11) is 0. The number of aromatic nitrogens is 2. The molecule has 6 heteroatoms. The van der Waals surface area contributed by atoms with Crippen LogP contribution in [0.15, 0.2) is 41.5 Å². The molecule has 2 aromatic heterocycles. The number of nitrogens with one attached hydrogen (secondary N) is 1. The van der Waals surface area contributed by atoms with Gasteiger partial charge in [0.25, 0.3) is 5.91 Å². The molecule has 2 aromatic rings. The van der Waals surface area contributed by atoms with Gasteiger partial charge in [0.15, 0.2) is 0 Å². The zero-order valence-electron chi connectivity index (χ0n) is 16.3. The highest BCUT2D eigenvalue weighted by Gasteiger charge is 2.22. The van der Waals surface area contributed by atoms with Gasteiger partial charge in [-0.2, -0.15) is 0 Å². The quantitative estimate of drug-likeness (QED) is 0.886. The van der Waals surface area contributed by atoms with E-state index in [1.807, 2.05) is 29.3 Å². The Kier molecular flexibility index (Phi) is 5.74. The fraction of sp³-hybridized carbons (Fsp3) is 0.500. The van der Waals surface area contributed by atoms with E-state index in [1.165, 1.54) is 12.0 Å². The first kappa shape index (κ1) is 18.7. The molecule has 1 amide bonds. The number of carbonyl (C=O) groups is 1. The Balaban J connectivity index is 1.31. The number of nitrogens with zero attached hydrogens (tertiary/aromatic N) is 3. The van der Waals surface area contributed by atoms with E-state index in [9.17, 15) is 9.59 Å². The fourth-order valence-electron chi connectivity index (χ4n) is 4.25. The normalized spacial score (nSPS) is 18.3. The second kappa shape index (κ2) is 8.59.